The van der Waals surface area contributed by atoms with Crippen molar-refractivity contribution >= 4 is 12.4 Å². The Balaban J connectivity index is 0.00000180. The van der Waals surface area contributed by atoms with Crippen LogP contribution in [0, 0.1) is 5.82 Å². The summed E-state index contributed by atoms with van der Waals surface area (Å²) >= 11 is 0. The van der Waals surface area contributed by atoms with Gasteiger partial charge in [-0.2, -0.15) is 0 Å². The van der Waals surface area contributed by atoms with Gasteiger partial charge in [-0.05, 0) is 38.1 Å². The van der Waals surface area contributed by atoms with Crippen molar-refractivity contribution in [2.45, 2.75) is 25.4 Å². The highest BCUT2D eigenvalue weighted by Gasteiger charge is 2.15. The standard InChI is InChI=1S/C14H20FNO2.ClH/c15-13-6-2-3-7-14(13)18-11-12(17)10-16-8-4-1-5-9-16;/h2-3,6-7,12,17H,1,4-5,8-11H2;1H. The minimum absolute atomic E-state index is 0. The molecule has 1 heterocycles. The van der Waals surface area contributed by atoms with Crippen LogP contribution >= 0.6 is 12.4 Å². The van der Waals surface area contributed by atoms with Crippen molar-refractivity contribution in [2.75, 3.05) is 26.2 Å². The number of ether oxygens (including phenoxy) is 1. The molecule has 1 atom stereocenters. The average molecular weight is 290 g/mol. The zero-order valence-corrected chi connectivity index (χ0v) is 11.7. The first-order valence-electron chi connectivity index (χ1n) is 6.53. The first kappa shape index (κ1) is 16.2. The van der Waals surface area contributed by atoms with E-state index >= 15 is 0 Å². The minimum Gasteiger partial charge on any atom is -0.488 e. The summed E-state index contributed by atoms with van der Waals surface area (Å²) in [6.07, 6.45) is 3.10. The number of para-hydroxylation sites is 1. The first-order chi connectivity index (χ1) is 8.75. The van der Waals surface area contributed by atoms with E-state index < -0.39 is 6.10 Å². The van der Waals surface area contributed by atoms with Crippen molar-refractivity contribution in [1.29, 1.82) is 0 Å². The van der Waals surface area contributed by atoms with Gasteiger partial charge in [0, 0.05) is 6.54 Å². The van der Waals surface area contributed by atoms with Gasteiger partial charge in [-0.25, -0.2) is 4.39 Å². The maximum Gasteiger partial charge on any atom is 0.165 e. The number of hydrogen-bond donors (Lipinski definition) is 1. The molecule has 0 bridgehead atoms. The molecular weight excluding hydrogens is 269 g/mol. The predicted molar refractivity (Wildman–Crippen MR) is 75.4 cm³/mol. The van der Waals surface area contributed by atoms with Gasteiger partial charge in [-0.15, -0.1) is 12.4 Å². The number of aliphatic hydroxyl groups excluding tert-OH is 1. The van der Waals surface area contributed by atoms with Crippen molar-refractivity contribution < 1.29 is 14.2 Å². The number of piperidine rings is 1. The van der Waals surface area contributed by atoms with E-state index in [0.717, 1.165) is 13.1 Å². The maximum atomic E-state index is 13.3. The summed E-state index contributed by atoms with van der Waals surface area (Å²) in [5.74, 6) is -0.183. The first-order valence-corrected chi connectivity index (χ1v) is 6.53. The third-order valence-corrected chi connectivity index (χ3v) is 3.19. The van der Waals surface area contributed by atoms with E-state index in [2.05, 4.69) is 4.90 Å². The Bertz CT molecular complexity index is 372. The van der Waals surface area contributed by atoms with Crippen molar-refractivity contribution in [3.05, 3.63) is 30.1 Å². The quantitative estimate of drug-likeness (QED) is 0.904. The molecule has 19 heavy (non-hydrogen) atoms. The molecule has 0 spiro atoms. The lowest BCUT2D eigenvalue weighted by Crippen LogP contribution is -2.38. The highest BCUT2D eigenvalue weighted by molar-refractivity contribution is 5.85. The number of rotatable bonds is 5. The van der Waals surface area contributed by atoms with Gasteiger partial charge in [0.05, 0.1) is 0 Å². The number of likely N-dealkylation sites (tertiary alicyclic amines) is 1. The Labute approximate surface area is 119 Å². The van der Waals surface area contributed by atoms with Gasteiger partial charge in [0.2, 0.25) is 0 Å². The molecule has 2 rings (SSSR count). The fourth-order valence-corrected chi connectivity index (χ4v) is 2.24. The van der Waals surface area contributed by atoms with E-state index in [-0.39, 0.29) is 30.6 Å². The molecule has 0 aliphatic carbocycles. The van der Waals surface area contributed by atoms with Gasteiger partial charge in [0.1, 0.15) is 12.7 Å². The Kier molecular flexibility index (Phi) is 7.13. The normalized spacial score (nSPS) is 17.6. The van der Waals surface area contributed by atoms with E-state index in [9.17, 15) is 9.50 Å². The molecular formula is C14H21ClFNO2. The number of aliphatic hydroxyl groups is 1. The van der Waals surface area contributed by atoms with Crippen LogP contribution in [0.25, 0.3) is 0 Å². The zero-order chi connectivity index (χ0) is 12.8. The molecule has 0 aromatic heterocycles. The van der Waals surface area contributed by atoms with E-state index in [4.69, 9.17) is 4.74 Å². The van der Waals surface area contributed by atoms with Gasteiger partial charge in [-0.3, -0.25) is 0 Å². The summed E-state index contributed by atoms with van der Waals surface area (Å²) in [7, 11) is 0. The van der Waals surface area contributed by atoms with Crippen LogP contribution in [0.4, 0.5) is 4.39 Å². The number of nitrogens with zero attached hydrogens (tertiary/aromatic N) is 1. The lowest BCUT2D eigenvalue weighted by atomic mass is 10.1. The SMILES string of the molecule is Cl.OC(COc1ccccc1F)CN1CCCCC1. The largest absolute Gasteiger partial charge is 0.488 e. The molecule has 1 saturated heterocycles. The van der Waals surface area contributed by atoms with Crippen LogP contribution in [-0.4, -0.2) is 42.4 Å². The molecule has 1 aromatic carbocycles. The van der Waals surface area contributed by atoms with Crippen LogP contribution < -0.4 is 4.74 Å². The Hall–Kier alpha value is -0.840. The molecule has 0 saturated carbocycles. The molecule has 1 aromatic rings. The Morgan fingerprint density at radius 1 is 1.21 bits per heavy atom. The smallest absolute Gasteiger partial charge is 0.165 e. The summed E-state index contributed by atoms with van der Waals surface area (Å²) in [5, 5.41) is 9.86. The molecule has 1 aliphatic heterocycles. The Morgan fingerprint density at radius 3 is 2.58 bits per heavy atom. The lowest BCUT2D eigenvalue weighted by Gasteiger charge is -2.28. The van der Waals surface area contributed by atoms with Crippen molar-refractivity contribution in [2.24, 2.45) is 0 Å². The van der Waals surface area contributed by atoms with Crippen molar-refractivity contribution in [3.8, 4) is 5.75 Å². The van der Waals surface area contributed by atoms with Crippen LogP contribution in [0.15, 0.2) is 24.3 Å². The Morgan fingerprint density at radius 2 is 1.89 bits per heavy atom. The third-order valence-electron chi connectivity index (χ3n) is 3.19. The van der Waals surface area contributed by atoms with E-state index in [0.29, 0.717) is 6.54 Å². The fraction of sp³-hybridized carbons (Fsp3) is 0.571. The number of β-amino-alcohol motifs (C(OH)–C–C–N with tert-alkyl or cyclic N) is 1. The molecule has 5 heteroatoms. The summed E-state index contributed by atoms with van der Waals surface area (Å²) < 4.78 is 18.6. The summed E-state index contributed by atoms with van der Waals surface area (Å²) in [6, 6.07) is 6.26. The molecule has 0 radical (unpaired) electrons. The molecule has 108 valence electrons. The van der Waals surface area contributed by atoms with Gasteiger partial charge < -0.3 is 14.7 Å². The van der Waals surface area contributed by atoms with Gasteiger partial charge in [-0.1, -0.05) is 18.6 Å². The maximum absolute atomic E-state index is 13.3. The molecule has 3 nitrogen and oxygen atoms in total. The molecule has 1 N–H and O–H groups in total. The topological polar surface area (TPSA) is 32.7 Å². The molecule has 1 fully saturated rings. The van der Waals surface area contributed by atoms with Gasteiger partial charge in [0.15, 0.2) is 11.6 Å². The van der Waals surface area contributed by atoms with Gasteiger partial charge in [0.25, 0.3) is 0 Å². The van der Waals surface area contributed by atoms with Crippen LogP contribution in [0.1, 0.15) is 19.3 Å². The third kappa shape index (κ3) is 5.35. The average Bonchev–Trinajstić information content (AvgIpc) is 2.39. The van der Waals surface area contributed by atoms with Crippen molar-refractivity contribution in [3.63, 3.8) is 0 Å². The second kappa shape index (κ2) is 8.35. The number of hydrogen-bond acceptors (Lipinski definition) is 3. The monoisotopic (exact) mass is 289 g/mol. The van der Waals surface area contributed by atoms with Crippen LogP contribution in [0.2, 0.25) is 0 Å². The lowest BCUT2D eigenvalue weighted by molar-refractivity contribution is 0.0604. The second-order valence-corrected chi connectivity index (χ2v) is 4.76. The van der Waals surface area contributed by atoms with Gasteiger partial charge >= 0.3 is 0 Å². The van der Waals surface area contributed by atoms with Crippen LogP contribution in [-0.2, 0) is 0 Å². The van der Waals surface area contributed by atoms with E-state index in [1.54, 1.807) is 18.2 Å². The van der Waals surface area contributed by atoms with Crippen molar-refractivity contribution in [1.82, 2.24) is 4.90 Å². The summed E-state index contributed by atoms with van der Waals surface area (Å²) in [4.78, 5) is 2.23. The number of benzene rings is 1. The van der Waals surface area contributed by atoms with E-state index in [1.807, 2.05) is 0 Å². The van der Waals surface area contributed by atoms with Crippen LogP contribution in [0.3, 0.4) is 0 Å². The highest BCUT2D eigenvalue weighted by Crippen LogP contribution is 2.16. The highest BCUT2D eigenvalue weighted by atomic mass is 35.5. The molecule has 1 unspecified atom stereocenters. The second-order valence-electron chi connectivity index (χ2n) is 4.76. The fourth-order valence-electron chi connectivity index (χ4n) is 2.24. The summed E-state index contributed by atoms with van der Waals surface area (Å²) in [5.41, 5.74) is 0. The molecule has 0 amide bonds. The summed E-state index contributed by atoms with van der Waals surface area (Å²) in [6.45, 7) is 2.82. The van der Waals surface area contributed by atoms with Crippen LogP contribution in [0.5, 0.6) is 5.75 Å². The number of halogens is 2. The predicted octanol–water partition coefficient (Wildman–Crippen LogP) is 2.47. The minimum atomic E-state index is -0.567. The zero-order valence-electron chi connectivity index (χ0n) is 10.9. The molecule has 1 aliphatic rings. The van der Waals surface area contributed by atoms with E-state index in [1.165, 1.54) is 25.3 Å².